The highest BCUT2D eigenvalue weighted by Gasteiger charge is 2.14. The van der Waals surface area contributed by atoms with E-state index in [-0.39, 0.29) is 5.91 Å². The van der Waals surface area contributed by atoms with Gasteiger partial charge in [-0.25, -0.2) is 0 Å². The van der Waals surface area contributed by atoms with E-state index in [0.29, 0.717) is 12.6 Å². The number of halogens is 1. The van der Waals surface area contributed by atoms with Gasteiger partial charge in [-0.05, 0) is 24.3 Å². The lowest BCUT2D eigenvalue weighted by Gasteiger charge is -2.14. The molecule has 0 aliphatic carbocycles. The molecule has 2 aromatic carbocycles. The predicted molar refractivity (Wildman–Crippen MR) is 89.0 cm³/mol. The van der Waals surface area contributed by atoms with Crippen LogP contribution < -0.4 is 10.6 Å². The molecule has 0 radical (unpaired) electrons. The molecule has 3 N–H and O–H groups in total. The average Bonchev–Trinajstić information content (AvgIpc) is 2.50. The van der Waals surface area contributed by atoms with Crippen molar-refractivity contribution in [3.63, 3.8) is 0 Å². The van der Waals surface area contributed by atoms with E-state index in [1.807, 2.05) is 42.5 Å². The molecule has 0 fully saturated rings. The van der Waals surface area contributed by atoms with Crippen LogP contribution in [0, 0.1) is 0 Å². The van der Waals surface area contributed by atoms with Crippen LogP contribution in [-0.2, 0) is 4.79 Å². The summed E-state index contributed by atoms with van der Waals surface area (Å²) in [6.45, 7) is 2.56. The van der Waals surface area contributed by atoms with E-state index in [1.54, 1.807) is 0 Å². The quantitative estimate of drug-likeness (QED) is 0.828. The summed E-state index contributed by atoms with van der Waals surface area (Å²) in [7, 11) is 0. The van der Waals surface area contributed by atoms with E-state index < -0.39 is 0 Å². The first-order chi connectivity index (χ1) is 10.2. The number of nitrogens with one attached hydrogen (secondary N) is 1. The zero-order chi connectivity index (χ0) is 15.1. The van der Waals surface area contributed by atoms with Crippen molar-refractivity contribution in [3.8, 4) is 0 Å². The molecule has 0 aliphatic rings. The fraction of sp³-hybridized carbons (Fsp3) is 0.235. The van der Waals surface area contributed by atoms with Crippen LogP contribution in [0.5, 0.6) is 0 Å². The van der Waals surface area contributed by atoms with Gasteiger partial charge < -0.3 is 10.6 Å². The predicted octanol–water partition coefficient (Wildman–Crippen LogP) is 3.10. The van der Waals surface area contributed by atoms with Crippen LogP contribution >= 0.6 is 15.9 Å². The Balaban J connectivity index is 1.88. The summed E-state index contributed by atoms with van der Waals surface area (Å²) >= 11 is 3.44. The zero-order valence-electron chi connectivity index (χ0n) is 12.1. The third-order valence-corrected chi connectivity index (χ3v) is 3.91. The van der Waals surface area contributed by atoms with Gasteiger partial charge in [-0.2, -0.15) is 0 Å². The van der Waals surface area contributed by atoms with Crippen LogP contribution in [0.1, 0.15) is 24.9 Å². The molecule has 0 spiro atoms. The molecular formula is C17H20BrN2O+. The number of amides is 1. The molecule has 0 heterocycles. The molecule has 21 heavy (non-hydrogen) atoms. The molecule has 0 unspecified atom stereocenters. The van der Waals surface area contributed by atoms with Crippen LogP contribution in [0.2, 0.25) is 0 Å². The standard InChI is InChI=1S/C17H19BrN2O/c1-2-16(13-8-10-14(18)11-9-13)19-12-17(21)20-15-6-4-3-5-7-15/h3-11,16,19H,2,12H2,1H3,(H,20,21)/p+1/t16-/m1/s1. The number of carbonyl (C=O) groups excluding carboxylic acids is 1. The third kappa shape index (κ3) is 4.99. The number of hydrogen-bond donors (Lipinski definition) is 2. The number of quaternary nitrogens is 1. The monoisotopic (exact) mass is 347 g/mol. The van der Waals surface area contributed by atoms with Gasteiger partial charge in [0.05, 0.1) is 0 Å². The van der Waals surface area contributed by atoms with Crippen LogP contribution in [0.3, 0.4) is 0 Å². The maximum atomic E-state index is 12.0. The first-order valence-electron chi connectivity index (χ1n) is 7.12. The molecule has 110 valence electrons. The smallest absolute Gasteiger partial charge is 0.279 e. The Morgan fingerprint density at radius 1 is 1.14 bits per heavy atom. The Morgan fingerprint density at radius 2 is 1.81 bits per heavy atom. The fourth-order valence-electron chi connectivity index (χ4n) is 2.23. The van der Waals surface area contributed by atoms with Gasteiger partial charge >= 0.3 is 0 Å². The molecule has 1 atom stereocenters. The number of rotatable bonds is 6. The molecule has 0 aliphatic heterocycles. The van der Waals surface area contributed by atoms with Crippen molar-refractivity contribution in [2.24, 2.45) is 0 Å². The Labute approximate surface area is 133 Å². The first-order valence-corrected chi connectivity index (χ1v) is 7.92. The molecule has 0 aromatic heterocycles. The number of hydrogen-bond acceptors (Lipinski definition) is 1. The van der Waals surface area contributed by atoms with Gasteiger partial charge in [0.15, 0.2) is 6.54 Å². The van der Waals surface area contributed by atoms with Crippen LogP contribution in [-0.4, -0.2) is 12.5 Å². The number of carbonyl (C=O) groups is 1. The van der Waals surface area contributed by atoms with Gasteiger partial charge in [-0.15, -0.1) is 0 Å². The number of nitrogens with two attached hydrogens (primary N) is 1. The second kappa shape index (κ2) is 7.96. The van der Waals surface area contributed by atoms with E-state index in [0.717, 1.165) is 16.6 Å². The van der Waals surface area contributed by atoms with Crippen molar-refractivity contribution in [1.82, 2.24) is 0 Å². The molecule has 0 saturated carbocycles. The van der Waals surface area contributed by atoms with Gasteiger partial charge in [-0.1, -0.05) is 53.2 Å². The van der Waals surface area contributed by atoms with Gasteiger partial charge in [-0.3, -0.25) is 4.79 Å². The molecule has 2 rings (SSSR count). The van der Waals surface area contributed by atoms with E-state index in [2.05, 4.69) is 45.6 Å². The summed E-state index contributed by atoms with van der Waals surface area (Å²) in [6, 6.07) is 18.1. The van der Waals surface area contributed by atoms with E-state index in [9.17, 15) is 4.79 Å². The minimum atomic E-state index is 0.0248. The minimum absolute atomic E-state index is 0.0248. The van der Waals surface area contributed by atoms with Gasteiger partial charge in [0, 0.05) is 22.1 Å². The topological polar surface area (TPSA) is 45.7 Å². The van der Waals surface area contributed by atoms with E-state index in [1.165, 1.54) is 5.56 Å². The molecular weight excluding hydrogens is 328 g/mol. The Morgan fingerprint density at radius 3 is 2.43 bits per heavy atom. The SMILES string of the molecule is CC[C@@H]([NH2+]CC(=O)Nc1ccccc1)c1ccc(Br)cc1. The largest absolute Gasteiger partial charge is 0.332 e. The number of para-hydroxylation sites is 1. The fourth-order valence-corrected chi connectivity index (χ4v) is 2.50. The number of benzene rings is 2. The average molecular weight is 348 g/mol. The molecule has 2 aromatic rings. The summed E-state index contributed by atoms with van der Waals surface area (Å²) in [5.74, 6) is 0.0248. The van der Waals surface area contributed by atoms with Crippen molar-refractivity contribution in [2.75, 3.05) is 11.9 Å². The summed E-state index contributed by atoms with van der Waals surface area (Å²) in [5.41, 5.74) is 2.08. The molecule has 1 amide bonds. The summed E-state index contributed by atoms with van der Waals surface area (Å²) < 4.78 is 1.07. The van der Waals surface area contributed by atoms with Gasteiger partial charge in [0.2, 0.25) is 0 Å². The third-order valence-electron chi connectivity index (χ3n) is 3.38. The highest BCUT2D eigenvalue weighted by molar-refractivity contribution is 9.10. The highest BCUT2D eigenvalue weighted by Crippen LogP contribution is 2.16. The van der Waals surface area contributed by atoms with Crippen LogP contribution in [0.25, 0.3) is 0 Å². The van der Waals surface area contributed by atoms with Crippen molar-refractivity contribution in [2.45, 2.75) is 19.4 Å². The normalized spacial score (nSPS) is 11.9. The first kappa shape index (κ1) is 15.7. The molecule has 0 bridgehead atoms. The number of anilines is 1. The van der Waals surface area contributed by atoms with Gasteiger partial charge in [0.1, 0.15) is 6.04 Å². The Kier molecular flexibility index (Phi) is 5.96. The van der Waals surface area contributed by atoms with Crippen molar-refractivity contribution < 1.29 is 10.1 Å². The summed E-state index contributed by atoms with van der Waals surface area (Å²) in [5, 5.41) is 4.99. The van der Waals surface area contributed by atoms with Crippen molar-refractivity contribution in [3.05, 3.63) is 64.6 Å². The molecule has 3 nitrogen and oxygen atoms in total. The lowest BCUT2D eigenvalue weighted by atomic mass is 10.0. The Hall–Kier alpha value is -1.65. The molecule has 4 heteroatoms. The van der Waals surface area contributed by atoms with Crippen LogP contribution in [0.4, 0.5) is 5.69 Å². The summed E-state index contributed by atoms with van der Waals surface area (Å²) in [6.07, 6.45) is 0.986. The minimum Gasteiger partial charge on any atom is -0.332 e. The van der Waals surface area contributed by atoms with E-state index >= 15 is 0 Å². The second-order valence-electron chi connectivity index (χ2n) is 4.92. The van der Waals surface area contributed by atoms with Crippen molar-refractivity contribution in [1.29, 1.82) is 0 Å². The van der Waals surface area contributed by atoms with Gasteiger partial charge in [0.25, 0.3) is 5.91 Å². The Bertz CT molecular complexity index is 569. The lowest BCUT2D eigenvalue weighted by molar-refractivity contribution is -0.686. The maximum Gasteiger partial charge on any atom is 0.279 e. The van der Waals surface area contributed by atoms with E-state index in [4.69, 9.17) is 0 Å². The second-order valence-corrected chi connectivity index (χ2v) is 5.84. The highest BCUT2D eigenvalue weighted by atomic mass is 79.9. The summed E-state index contributed by atoms with van der Waals surface area (Å²) in [4.78, 5) is 12.0. The van der Waals surface area contributed by atoms with Crippen molar-refractivity contribution >= 4 is 27.5 Å². The zero-order valence-corrected chi connectivity index (χ0v) is 13.6. The maximum absolute atomic E-state index is 12.0. The lowest BCUT2D eigenvalue weighted by Crippen LogP contribution is -2.87. The van der Waals surface area contributed by atoms with Crippen LogP contribution in [0.15, 0.2) is 59.1 Å². The molecule has 0 saturated heterocycles.